The van der Waals surface area contributed by atoms with Gasteiger partial charge >= 0.3 is 0 Å². The number of ether oxygens (including phenoxy) is 2. The van der Waals surface area contributed by atoms with Gasteiger partial charge in [-0.1, -0.05) is 19.1 Å². The van der Waals surface area contributed by atoms with E-state index in [0.29, 0.717) is 42.7 Å². The van der Waals surface area contributed by atoms with E-state index in [2.05, 4.69) is 20.6 Å². The number of amides is 1. The molecule has 0 atom stereocenters. The Hall–Kier alpha value is -3.16. The normalized spacial score (nSPS) is 10.6. The minimum Gasteiger partial charge on any atom is -0.496 e. The molecule has 0 aliphatic heterocycles. The van der Waals surface area contributed by atoms with Crippen molar-refractivity contribution in [2.75, 3.05) is 20.3 Å². The highest BCUT2D eigenvalue weighted by Crippen LogP contribution is 2.28. The monoisotopic (exact) mass is 341 g/mol. The van der Waals surface area contributed by atoms with Crippen LogP contribution in [0.15, 0.2) is 36.4 Å². The summed E-state index contributed by atoms with van der Waals surface area (Å²) in [6.45, 7) is 2.56. The molecule has 1 amide bonds. The van der Waals surface area contributed by atoms with Crippen molar-refractivity contribution in [3.63, 3.8) is 0 Å². The lowest BCUT2D eigenvalue weighted by Crippen LogP contribution is -2.27. The van der Waals surface area contributed by atoms with Gasteiger partial charge in [-0.2, -0.15) is 4.52 Å². The number of nitrogens with one attached hydrogen (secondary N) is 1. The van der Waals surface area contributed by atoms with Crippen molar-refractivity contribution in [2.24, 2.45) is 0 Å². The maximum Gasteiger partial charge on any atom is 0.231 e. The number of fused-ring (bicyclic) bond motifs is 1. The Morgan fingerprint density at radius 3 is 2.84 bits per heavy atom. The van der Waals surface area contributed by atoms with Crippen molar-refractivity contribution in [3.8, 4) is 23.0 Å². The fraction of sp³-hybridized carbons (Fsp3) is 0.294. The molecule has 0 unspecified atom stereocenters. The molecule has 0 aliphatic carbocycles. The Bertz CT molecular complexity index is 878. The van der Waals surface area contributed by atoms with Crippen LogP contribution in [0.1, 0.15) is 13.3 Å². The number of benzene rings is 1. The minimum atomic E-state index is -0.00993. The van der Waals surface area contributed by atoms with Crippen LogP contribution in [0, 0.1) is 0 Å². The van der Waals surface area contributed by atoms with Crippen LogP contribution >= 0.6 is 0 Å². The molecule has 8 nitrogen and oxygen atoms in total. The maximum atomic E-state index is 11.2. The number of carbonyl (C=O) groups is 1. The largest absolute Gasteiger partial charge is 0.496 e. The fourth-order valence-electron chi connectivity index (χ4n) is 2.32. The molecule has 130 valence electrons. The molecule has 0 radical (unpaired) electrons. The van der Waals surface area contributed by atoms with Gasteiger partial charge in [-0.05, 0) is 18.2 Å². The number of hydrogen-bond acceptors (Lipinski definition) is 6. The van der Waals surface area contributed by atoms with Gasteiger partial charge in [0.25, 0.3) is 0 Å². The van der Waals surface area contributed by atoms with Crippen LogP contribution in [0.5, 0.6) is 11.6 Å². The van der Waals surface area contributed by atoms with Gasteiger partial charge in [-0.3, -0.25) is 4.79 Å². The first-order chi connectivity index (χ1) is 12.2. The van der Waals surface area contributed by atoms with E-state index < -0.39 is 0 Å². The number of para-hydroxylation sites is 1. The smallest absolute Gasteiger partial charge is 0.231 e. The van der Waals surface area contributed by atoms with Gasteiger partial charge in [0.1, 0.15) is 12.4 Å². The highest BCUT2D eigenvalue weighted by Gasteiger charge is 2.14. The van der Waals surface area contributed by atoms with E-state index in [1.54, 1.807) is 30.7 Å². The zero-order valence-corrected chi connectivity index (χ0v) is 14.1. The summed E-state index contributed by atoms with van der Waals surface area (Å²) >= 11 is 0. The summed E-state index contributed by atoms with van der Waals surface area (Å²) in [6.07, 6.45) is 0.452. The van der Waals surface area contributed by atoms with E-state index in [1.165, 1.54) is 0 Å². The molecule has 0 fully saturated rings. The van der Waals surface area contributed by atoms with E-state index in [0.717, 1.165) is 5.56 Å². The zero-order valence-electron chi connectivity index (χ0n) is 14.1. The molecule has 2 heterocycles. The van der Waals surface area contributed by atoms with Gasteiger partial charge in [-0.15, -0.1) is 15.3 Å². The summed E-state index contributed by atoms with van der Waals surface area (Å²) in [5.41, 5.74) is 1.39. The first-order valence-corrected chi connectivity index (χ1v) is 7.98. The number of rotatable bonds is 7. The average Bonchev–Trinajstić information content (AvgIpc) is 3.08. The Balaban J connectivity index is 1.81. The summed E-state index contributed by atoms with van der Waals surface area (Å²) < 4.78 is 12.6. The Labute approximate surface area is 144 Å². The number of aromatic nitrogens is 4. The van der Waals surface area contributed by atoms with Crippen molar-refractivity contribution in [1.82, 2.24) is 25.1 Å². The molecule has 8 heteroatoms. The van der Waals surface area contributed by atoms with Gasteiger partial charge in [0.15, 0.2) is 11.5 Å². The molecule has 0 bridgehead atoms. The lowest BCUT2D eigenvalue weighted by Gasteiger charge is -2.08. The van der Waals surface area contributed by atoms with E-state index in [-0.39, 0.29) is 5.91 Å². The topological polar surface area (TPSA) is 90.6 Å². The molecule has 1 aromatic carbocycles. The number of methoxy groups -OCH3 is 1. The van der Waals surface area contributed by atoms with Gasteiger partial charge in [0, 0.05) is 12.5 Å². The molecular weight excluding hydrogens is 322 g/mol. The standard InChI is InChI=1S/C17H19N5O3/c1-3-15(23)18-10-11-25-16-9-8-14-19-20-17(22(14)21-16)12-6-4-5-7-13(12)24-2/h4-9H,3,10-11H2,1-2H3,(H,18,23). The first kappa shape index (κ1) is 16.7. The van der Waals surface area contributed by atoms with Gasteiger partial charge in [0.05, 0.1) is 19.2 Å². The van der Waals surface area contributed by atoms with Crippen molar-refractivity contribution < 1.29 is 14.3 Å². The highest BCUT2D eigenvalue weighted by atomic mass is 16.5. The summed E-state index contributed by atoms with van der Waals surface area (Å²) in [6, 6.07) is 11.0. The molecule has 0 saturated carbocycles. The van der Waals surface area contributed by atoms with Crippen LogP contribution in [0.2, 0.25) is 0 Å². The second-order valence-corrected chi connectivity index (χ2v) is 5.22. The molecule has 3 rings (SSSR count). The van der Waals surface area contributed by atoms with E-state index in [4.69, 9.17) is 9.47 Å². The first-order valence-electron chi connectivity index (χ1n) is 7.98. The van der Waals surface area contributed by atoms with E-state index in [9.17, 15) is 4.79 Å². The van der Waals surface area contributed by atoms with Crippen LogP contribution < -0.4 is 14.8 Å². The molecular formula is C17H19N5O3. The summed E-state index contributed by atoms with van der Waals surface area (Å²) in [5.74, 6) is 1.67. The van der Waals surface area contributed by atoms with Crippen LogP contribution in [0.3, 0.4) is 0 Å². The zero-order chi connectivity index (χ0) is 17.6. The SMILES string of the molecule is CCC(=O)NCCOc1ccc2nnc(-c3ccccc3OC)n2n1. The van der Waals surface area contributed by atoms with Crippen LogP contribution in [0.4, 0.5) is 0 Å². The third kappa shape index (κ3) is 3.68. The van der Waals surface area contributed by atoms with Gasteiger partial charge < -0.3 is 14.8 Å². The highest BCUT2D eigenvalue weighted by molar-refractivity contribution is 5.75. The quantitative estimate of drug-likeness (QED) is 0.658. The van der Waals surface area contributed by atoms with Crippen LogP contribution in [0.25, 0.3) is 17.0 Å². The average molecular weight is 341 g/mol. The summed E-state index contributed by atoms with van der Waals surface area (Å²) in [5, 5.41) is 15.5. The lowest BCUT2D eigenvalue weighted by molar-refractivity contribution is -0.120. The third-order valence-corrected chi connectivity index (χ3v) is 3.58. The maximum absolute atomic E-state index is 11.2. The van der Waals surface area contributed by atoms with Gasteiger partial charge in [0.2, 0.25) is 11.8 Å². The van der Waals surface area contributed by atoms with E-state index >= 15 is 0 Å². The summed E-state index contributed by atoms with van der Waals surface area (Å²) in [7, 11) is 1.61. The predicted molar refractivity (Wildman–Crippen MR) is 91.6 cm³/mol. The second-order valence-electron chi connectivity index (χ2n) is 5.22. The van der Waals surface area contributed by atoms with Gasteiger partial charge in [-0.25, -0.2) is 0 Å². The van der Waals surface area contributed by atoms with E-state index in [1.807, 2.05) is 24.3 Å². The Morgan fingerprint density at radius 2 is 2.04 bits per heavy atom. The van der Waals surface area contributed by atoms with Crippen LogP contribution in [-0.4, -0.2) is 46.0 Å². The number of nitrogens with zero attached hydrogens (tertiary/aromatic N) is 4. The van der Waals surface area contributed by atoms with Crippen molar-refractivity contribution in [1.29, 1.82) is 0 Å². The molecule has 0 saturated heterocycles. The van der Waals surface area contributed by atoms with Crippen LogP contribution in [-0.2, 0) is 4.79 Å². The molecule has 2 aromatic heterocycles. The van der Waals surface area contributed by atoms with Crippen molar-refractivity contribution in [3.05, 3.63) is 36.4 Å². The number of hydrogen-bond donors (Lipinski definition) is 1. The number of carbonyl (C=O) groups excluding carboxylic acids is 1. The lowest BCUT2D eigenvalue weighted by atomic mass is 10.2. The molecule has 3 aromatic rings. The second kappa shape index (κ2) is 7.61. The third-order valence-electron chi connectivity index (χ3n) is 3.58. The molecule has 25 heavy (non-hydrogen) atoms. The fourth-order valence-corrected chi connectivity index (χ4v) is 2.32. The molecule has 1 N–H and O–H groups in total. The Morgan fingerprint density at radius 1 is 1.20 bits per heavy atom. The predicted octanol–water partition coefficient (Wildman–Crippen LogP) is 1.70. The summed E-state index contributed by atoms with van der Waals surface area (Å²) in [4.78, 5) is 11.2. The molecule has 0 spiro atoms. The minimum absolute atomic E-state index is 0.00993. The molecule has 0 aliphatic rings. The Kier molecular flexibility index (Phi) is 5.08. The van der Waals surface area contributed by atoms with Crippen molar-refractivity contribution in [2.45, 2.75) is 13.3 Å². The van der Waals surface area contributed by atoms with Crippen molar-refractivity contribution >= 4 is 11.6 Å².